The highest BCUT2D eigenvalue weighted by Gasteiger charge is 2.19. The first-order valence-electron chi connectivity index (χ1n) is 8.36. The second-order valence-electron chi connectivity index (χ2n) is 6.68. The van der Waals surface area contributed by atoms with Crippen molar-refractivity contribution >= 4 is 11.9 Å². The average Bonchev–Trinajstić information content (AvgIpc) is 2.40. The molecule has 0 bridgehead atoms. The first-order chi connectivity index (χ1) is 9.87. The third-order valence-corrected chi connectivity index (χ3v) is 3.90. The molecule has 0 atom stereocenters. The lowest BCUT2D eigenvalue weighted by Crippen LogP contribution is -2.28. The minimum atomic E-state index is -0.754. The van der Waals surface area contributed by atoms with Gasteiger partial charge in [0.1, 0.15) is 0 Å². The minimum Gasteiger partial charge on any atom is -0.481 e. The van der Waals surface area contributed by atoms with Crippen LogP contribution in [-0.2, 0) is 9.59 Å². The number of carboxylic acids is 1. The van der Waals surface area contributed by atoms with Gasteiger partial charge in [0.2, 0.25) is 5.91 Å². The highest BCUT2D eigenvalue weighted by molar-refractivity contribution is 5.75. The van der Waals surface area contributed by atoms with Gasteiger partial charge in [-0.1, -0.05) is 52.9 Å². The molecule has 0 aromatic carbocycles. The van der Waals surface area contributed by atoms with Crippen molar-refractivity contribution in [3.8, 4) is 0 Å². The van der Waals surface area contributed by atoms with E-state index in [1.54, 1.807) is 0 Å². The molecule has 4 nitrogen and oxygen atoms in total. The molecular formula is C17H33NO3. The Morgan fingerprint density at radius 3 is 2.19 bits per heavy atom. The van der Waals surface area contributed by atoms with E-state index in [2.05, 4.69) is 26.1 Å². The number of unbranched alkanes of at least 4 members (excludes halogenated alkanes) is 5. The predicted molar refractivity (Wildman–Crippen MR) is 86.3 cm³/mol. The molecule has 0 aromatic heterocycles. The summed E-state index contributed by atoms with van der Waals surface area (Å²) < 4.78 is 0. The van der Waals surface area contributed by atoms with Gasteiger partial charge in [0.15, 0.2) is 0 Å². The molecule has 0 rings (SSSR count). The first kappa shape index (κ1) is 19.9. The lowest BCUT2D eigenvalue weighted by Gasteiger charge is -2.23. The summed E-state index contributed by atoms with van der Waals surface area (Å²) in [4.78, 5) is 22.2. The third kappa shape index (κ3) is 13.7. The van der Waals surface area contributed by atoms with Crippen molar-refractivity contribution in [3.63, 3.8) is 0 Å². The predicted octanol–water partition coefficient (Wildman–Crippen LogP) is 4.13. The quantitative estimate of drug-likeness (QED) is 0.502. The number of amides is 1. The van der Waals surface area contributed by atoms with Crippen molar-refractivity contribution in [2.75, 3.05) is 6.54 Å². The van der Waals surface area contributed by atoms with Crippen LogP contribution in [0.25, 0.3) is 0 Å². The van der Waals surface area contributed by atoms with Crippen molar-refractivity contribution in [1.29, 1.82) is 0 Å². The molecule has 0 spiro atoms. The summed E-state index contributed by atoms with van der Waals surface area (Å²) in [7, 11) is 0. The Balaban J connectivity index is 3.58. The summed E-state index contributed by atoms with van der Waals surface area (Å²) in [5.74, 6) is -0.630. The maximum atomic E-state index is 11.7. The fourth-order valence-corrected chi connectivity index (χ4v) is 2.26. The fraction of sp³-hybridized carbons (Fsp3) is 0.882. The van der Waals surface area contributed by atoms with Gasteiger partial charge in [-0.05, 0) is 24.7 Å². The zero-order valence-electron chi connectivity index (χ0n) is 14.0. The van der Waals surface area contributed by atoms with E-state index in [0.717, 1.165) is 19.3 Å². The Labute approximate surface area is 129 Å². The van der Waals surface area contributed by atoms with Gasteiger partial charge in [-0.15, -0.1) is 0 Å². The number of carbonyl (C=O) groups excluding carboxylic acids is 1. The standard InChI is InChI=1S/C17H33NO3/c1-4-5-6-7-8-9-10-15(19)18-14-13-17(2,3)12-11-16(20)21/h4-14H2,1-3H3,(H,18,19)(H,20,21). The number of hydrogen-bond donors (Lipinski definition) is 2. The van der Waals surface area contributed by atoms with Gasteiger partial charge in [0.05, 0.1) is 0 Å². The molecule has 124 valence electrons. The SMILES string of the molecule is CCCCCCCCC(=O)NCCC(C)(C)CCC(=O)O. The lowest BCUT2D eigenvalue weighted by atomic mass is 9.84. The van der Waals surface area contributed by atoms with Crippen LogP contribution in [0.4, 0.5) is 0 Å². The largest absolute Gasteiger partial charge is 0.481 e. The Morgan fingerprint density at radius 1 is 0.952 bits per heavy atom. The molecule has 0 aliphatic heterocycles. The van der Waals surface area contributed by atoms with Crippen molar-refractivity contribution in [3.05, 3.63) is 0 Å². The van der Waals surface area contributed by atoms with Crippen LogP contribution in [0.5, 0.6) is 0 Å². The van der Waals surface area contributed by atoms with Crippen molar-refractivity contribution in [2.24, 2.45) is 5.41 Å². The number of carbonyl (C=O) groups is 2. The Morgan fingerprint density at radius 2 is 1.57 bits per heavy atom. The monoisotopic (exact) mass is 299 g/mol. The molecule has 4 heteroatoms. The Kier molecular flexibility index (Phi) is 11.0. The summed E-state index contributed by atoms with van der Waals surface area (Å²) in [5, 5.41) is 11.6. The second-order valence-corrected chi connectivity index (χ2v) is 6.68. The van der Waals surface area contributed by atoms with E-state index in [4.69, 9.17) is 5.11 Å². The van der Waals surface area contributed by atoms with E-state index in [1.807, 2.05) is 0 Å². The van der Waals surface area contributed by atoms with Crippen LogP contribution in [-0.4, -0.2) is 23.5 Å². The van der Waals surface area contributed by atoms with Gasteiger partial charge in [0, 0.05) is 19.4 Å². The highest BCUT2D eigenvalue weighted by Crippen LogP contribution is 2.25. The van der Waals surface area contributed by atoms with Crippen LogP contribution in [0.15, 0.2) is 0 Å². The zero-order chi connectivity index (χ0) is 16.1. The van der Waals surface area contributed by atoms with Gasteiger partial charge < -0.3 is 10.4 Å². The summed E-state index contributed by atoms with van der Waals surface area (Å²) in [5.41, 5.74) is -0.0359. The summed E-state index contributed by atoms with van der Waals surface area (Å²) in [6.45, 7) is 6.94. The molecule has 0 heterocycles. The van der Waals surface area contributed by atoms with E-state index >= 15 is 0 Å². The van der Waals surface area contributed by atoms with Crippen molar-refractivity contribution < 1.29 is 14.7 Å². The third-order valence-electron chi connectivity index (χ3n) is 3.90. The first-order valence-corrected chi connectivity index (χ1v) is 8.36. The smallest absolute Gasteiger partial charge is 0.303 e. The molecule has 0 saturated heterocycles. The van der Waals surface area contributed by atoms with Crippen molar-refractivity contribution in [1.82, 2.24) is 5.32 Å². The lowest BCUT2D eigenvalue weighted by molar-refractivity contribution is -0.137. The number of aliphatic carboxylic acids is 1. The second kappa shape index (κ2) is 11.6. The Bertz CT molecular complexity index is 300. The summed E-state index contributed by atoms with van der Waals surface area (Å²) in [6, 6.07) is 0. The van der Waals surface area contributed by atoms with Crippen LogP contribution in [0.2, 0.25) is 0 Å². The molecule has 21 heavy (non-hydrogen) atoms. The summed E-state index contributed by atoms with van der Waals surface area (Å²) in [6.07, 6.45) is 9.42. The number of hydrogen-bond acceptors (Lipinski definition) is 2. The van der Waals surface area contributed by atoms with Crippen LogP contribution in [0.1, 0.15) is 85.0 Å². The topological polar surface area (TPSA) is 66.4 Å². The van der Waals surface area contributed by atoms with Crippen LogP contribution in [0.3, 0.4) is 0 Å². The van der Waals surface area contributed by atoms with Gasteiger partial charge >= 0.3 is 5.97 Å². The summed E-state index contributed by atoms with van der Waals surface area (Å²) >= 11 is 0. The highest BCUT2D eigenvalue weighted by atomic mass is 16.4. The molecule has 0 aliphatic carbocycles. The van der Waals surface area contributed by atoms with Gasteiger partial charge in [0.25, 0.3) is 0 Å². The minimum absolute atomic E-state index is 0.0359. The molecule has 0 radical (unpaired) electrons. The molecule has 2 N–H and O–H groups in total. The average molecular weight is 299 g/mol. The molecule has 0 unspecified atom stereocenters. The van der Waals surface area contributed by atoms with Gasteiger partial charge in [-0.25, -0.2) is 0 Å². The normalized spacial score (nSPS) is 11.4. The maximum absolute atomic E-state index is 11.7. The van der Waals surface area contributed by atoms with Gasteiger partial charge in [-0.2, -0.15) is 0 Å². The number of nitrogens with one attached hydrogen (secondary N) is 1. The van der Waals surface area contributed by atoms with Crippen LogP contribution in [0, 0.1) is 5.41 Å². The molecular weight excluding hydrogens is 266 g/mol. The van der Waals surface area contributed by atoms with E-state index in [9.17, 15) is 9.59 Å². The van der Waals surface area contributed by atoms with Crippen LogP contribution < -0.4 is 5.32 Å². The molecule has 0 fully saturated rings. The molecule has 0 saturated carbocycles. The number of rotatable bonds is 13. The molecule has 0 aromatic rings. The van der Waals surface area contributed by atoms with Crippen LogP contribution >= 0.6 is 0 Å². The molecule has 1 amide bonds. The zero-order valence-corrected chi connectivity index (χ0v) is 14.0. The number of carboxylic acid groups (broad SMARTS) is 1. The van der Waals surface area contributed by atoms with E-state index in [0.29, 0.717) is 19.4 Å². The molecule has 0 aliphatic rings. The van der Waals surface area contributed by atoms with E-state index in [1.165, 1.54) is 25.7 Å². The van der Waals surface area contributed by atoms with Crippen molar-refractivity contribution in [2.45, 2.75) is 85.0 Å². The Hall–Kier alpha value is -1.06. The van der Waals surface area contributed by atoms with Gasteiger partial charge in [-0.3, -0.25) is 9.59 Å². The van der Waals surface area contributed by atoms with E-state index < -0.39 is 5.97 Å². The maximum Gasteiger partial charge on any atom is 0.303 e. The fourth-order valence-electron chi connectivity index (χ4n) is 2.26. The van der Waals surface area contributed by atoms with E-state index in [-0.39, 0.29) is 17.7 Å².